The lowest BCUT2D eigenvalue weighted by Crippen LogP contribution is -1.87. The van der Waals surface area contributed by atoms with Crippen LogP contribution in [0.2, 0.25) is 0 Å². The van der Waals surface area contributed by atoms with Crippen LogP contribution >= 0.6 is 0 Å². The molecule has 0 aromatic carbocycles. The average Bonchev–Trinajstić information content (AvgIpc) is 2.02. The van der Waals surface area contributed by atoms with E-state index in [9.17, 15) is 8.78 Å². The van der Waals surface area contributed by atoms with E-state index in [2.05, 4.69) is 4.98 Å². The van der Waals surface area contributed by atoms with E-state index in [1.165, 1.54) is 6.92 Å². The van der Waals surface area contributed by atoms with Gasteiger partial charge in [0.15, 0.2) is 0 Å². The van der Waals surface area contributed by atoms with Crippen molar-refractivity contribution < 1.29 is 8.78 Å². The molecule has 3 heteroatoms. The Kier molecular flexibility index (Phi) is 4.34. The average molecular weight is 159 g/mol. The van der Waals surface area contributed by atoms with Gasteiger partial charge in [0.05, 0.1) is 6.20 Å². The zero-order valence-electron chi connectivity index (χ0n) is 6.86. The van der Waals surface area contributed by atoms with Gasteiger partial charge in [-0.3, -0.25) is 0 Å². The Morgan fingerprint density at radius 2 is 1.82 bits per heavy atom. The van der Waals surface area contributed by atoms with E-state index in [-0.39, 0.29) is 5.56 Å². The first-order chi connectivity index (χ1) is 5.20. The number of hydrogen-bond donors (Lipinski definition) is 0. The second-order valence-corrected chi connectivity index (χ2v) is 1.76. The molecule has 1 nitrogen and oxygen atoms in total. The second-order valence-electron chi connectivity index (χ2n) is 1.76. The van der Waals surface area contributed by atoms with Gasteiger partial charge in [0.1, 0.15) is 5.82 Å². The zero-order valence-corrected chi connectivity index (χ0v) is 6.86. The highest BCUT2D eigenvalue weighted by molar-refractivity contribution is 5.09. The third kappa shape index (κ3) is 3.07. The molecular formula is C8H11F2N. The normalized spacial score (nSPS) is 8.45. The van der Waals surface area contributed by atoms with E-state index >= 15 is 0 Å². The predicted octanol–water partition coefficient (Wildman–Crippen LogP) is 2.69. The highest BCUT2D eigenvalue weighted by Gasteiger charge is 1.97. The molecule has 0 radical (unpaired) electrons. The maximum absolute atomic E-state index is 12.2. The van der Waals surface area contributed by atoms with Crippen LogP contribution in [0.3, 0.4) is 0 Å². The first-order valence-electron chi connectivity index (χ1n) is 3.48. The topological polar surface area (TPSA) is 12.9 Å². The summed E-state index contributed by atoms with van der Waals surface area (Å²) in [4.78, 5) is 3.14. The highest BCUT2D eigenvalue weighted by Crippen LogP contribution is 2.02. The van der Waals surface area contributed by atoms with E-state index in [0.29, 0.717) is 0 Å². The summed E-state index contributed by atoms with van der Waals surface area (Å²) in [5.74, 6) is -1.12. The van der Waals surface area contributed by atoms with Crippen molar-refractivity contribution in [3.05, 3.63) is 29.6 Å². The molecule has 0 saturated heterocycles. The Morgan fingerprint density at radius 1 is 1.27 bits per heavy atom. The number of rotatable bonds is 0. The van der Waals surface area contributed by atoms with Gasteiger partial charge >= 0.3 is 0 Å². The van der Waals surface area contributed by atoms with E-state index in [1.54, 1.807) is 0 Å². The molecule has 0 N–H and O–H groups in total. The van der Waals surface area contributed by atoms with Crippen molar-refractivity contribution in [3.8, 4) is 0 Å². The van der Waals surface area contributed by atoms with Gasteiger partial charge in [-0.15, -0.1) is 0 Å². The van der Waals surface area contributed by atoms with Crippen LogP contribution in [0.25, 0.3) is 0 Å². The molecule has 11 heavy (non-hydrogen) atoms. The molecule has 1 rings (SSSR count). The largest absolute Gasteiger partial charge is 0.225 e. The number of aryl methyl sites for hydroxylation is 1. The number of pyridine rings is 1. The van der Waals surface area contributed by atoms with Crippen molar-refractivity contribution in [2.75, 3.05) is 0 Å². The summed E-state index contributed by atoms with van der Waals surface area (Å²) < 4.78 is 24.3. The molecule has 0 unspecified atom stereocenters. The van der Waals surface area contributed by atoms with Gasteiger partial charge in [0.2, 0.25) is 5.95 Å². The first-order valence-corrected chi connectivity index (χ1v) is 3.48. The zero-order chi connectivity index (χ0) is 8.85. The Balaban J connectivity index is 0.000000461. The van der Waals surface area contributed by atoms with Crippen molar-refractivity contribution in [2.24, 2.45) is 0 Å². The Hall–Kier alpha value is -0.990. The number of hydrogen-bond acceptors (Lipinski definition) is 1. The third-order valence-electron chi connectivity index (χ3n) is 0.981. The summed E-state index contributed by atoms with van der Waals surface area (Å²) in [7, 11) is 0. The number of halogens is 2. The van der Waals surface area contributed by atoms with Crippen LogP contribution in [0, 0.1) is 18.7 Å². The van der Waals surface area contributed by atoms with Gasteiger partial charge in [-0.2, -0.15) is 4.39 Å². The minimum absolute atomic E-state index is 0.231. The van der Waals surface area contributed by atoms with E-state index in [4.69, 9.17) is 0 Å². The van der Waals surface area contributed by atoms with Crippen LogP contribution in [0.15, 0.2) is 12.3 Å². The molecule has 0 amide bonds. The molecule has 0 aliphatic carbocycles. The third-order valence-corrected chi connectivity index (χ3v) is 0.981. The number of nitrogens with zero attached hydrogens (tertiary/aromatic N) is 1. The van der Waals surface area contributed by atoms with Crippen LogP contribution in [-0.4, -0.2) is 4.98 Å². The van der Waals surface area contributed by atoms with Gasteiger partial charge in [-0.1, -0.05) is 13.8 Å². The monoisotopic (exact) mass is 159 g/mol. The highest BCUT2D eigenvalue weighted by atomic mass is 19.1. The van der Waals surface area contributed by atoms with Gasteiger partial charge in [-0.05, 0) is 13.0 Å². The van der Waals surface area contributed by atoms with Crippen molar-refractivity contribution in [2.45, 2.75) is 20.8 Å². The SMILES string of the molecule is CC.Cc1cc(F)cnc1F. The van der Waals surface area contributed by atoms with Crippen molar-refractivity contribution in [3.63, 3.8) is 0 Å². The molecule has 0 spiro atoms. The van der Waals surface area contributed by atoms with Gasteiger partial charge < -0.3 is 0 Å². The van der Waals surface area contributed by atoms with Gasteiger partial charge in [0, 0.05) is 5.56 Å². The maximum Gasteiger partial charge on any atom is 0.215 e. The predicted molar refractivity (Wildman–Crippen MR) is 40.2 cm³/mol. The summed E-state index contributed by atoms with van der Waals surface area (Å²) in [5.41, 5.74) is 0.231. The van der Waals surface area contributed by atoms with Crippen LogP contribution in [0.4, 0.5) is 8.78 Å². The molecule has 0 aliphatic heterocycles. The van der Waals surface area contributed by atoms with Gasteiger partial charge in [0.25, 0.3) is 0 Å². The van der Waals surface area contributed by atoms with Crippen molar-refractivity contribution in [1.29, 1.82) is 0 Å². The van der Waals surface area contributed by atoms with Crippen LogP contribution in [0.5, 0.6) is 0 Å². The molecule has 1 heterocycles. The Bertz CT molecular complexity index is 223. The molecule has 1 aromatic heterocycles. The maximum atomic E-state index is 12.2. The summed E-state index contributed by atoms with van der Waals surface area (Å²) in [6.07, 6.45) is 0.850. The minimum atomic E-state index is -0.614. The van der Waals surface area contributed by atoms with Crippen LogP contribution in [-0.2, 0) is 0 Å². The molecule has 0 aliphatic rings. The number of aromatic nitrogens is 1. The standard InChI is InChI=1S/C6H5F2N.C2H6/c1-4-2-5(7)3-9-6(4)8;1-2/h2-3H,1H3;1-2H3. The van der Waals surface area contributed by atoms with Crippen molar-refractivity contribution >= 4 is 0 Å². The molecule has 0 bridgehead atoms. The summed E-state index contributed by atoms with van der Waals surface area (Å²) >= 11 is 0. The summed E-state index contributed by atoms with van der Waals surface area (Å²) in [5, 5.41) is 0. The smallest absolute Gasteiger partial charge is 0.215 e. The Morgan fingerprint density at radius 3 is 2.18 bits per heavy atom. The van der Waals surface area contributed by atoms with E-state index in [0.717, 1.165) is 12.3 Å². The molecule has 0 saturated carbocycles. The molecule has 0 fully saturated rings. The molecular weight excluding hydrogens is 148 g/mol. The fraction of sp³-hybridized carbons (Fsp3) is 0.375. The fourth-order valence-electron chi connectivity index (χ4n) is 0.524. The minimum Gasteiger partial charge on any atom is -0.225 e. The molecule has 1 aromatic rings. The molecule has 0 atom stereocenters. The Labute approximate surface area is 65.1 Å². The van der Waals surface area contributed by atoms with Gasteiger partial charge in [-0.25, -0.2) is 9.37 Å². The first kappa shape index (κ1) is 10.0. The molecule has 62 valence electrons. The lowest BCUT2D eigenvalue weighted by Gasteiger charge is -1.91. The lowest BCUT2D eigenvalue weighted by molar-refractivity contribution is 0.551. The summed E-state index contributed by atoms with van der Waals surface area (Å²) in [6, 6.07) is 1.10. The van der Waals surface area contributed by atoms with E-state index < -0.39 is 11.8 Å². The summed E-state index contributed by atoms with van der Waals surface area (Å²) in [6.45, 7) is 5.46. The quantitative estimate of drug-likeness (QED) is 0.530. The fourth-order valence-corrected chi connectivity index (χ4v) is 0.524. The van der Waals surface area contributed by atoms with Crippen molar-refractivity contribution in [1.82, 2.24) is 4.98 Å². The van der Waals surface area contributed by atoms with E-state index in [1.807, 2.05) is 13.8 Å². The second kappa shape index (κ2) is 4.77. The van der Waals surface area contributed by atoms with Crippen LogP contribution in [0.1, 0.15) is 19.4 Å². The van der Waals surface area contributed by atoms with Crippen LogP contribution < -0.4 is 0 Å². The lowest BCUT2D eigenvalue weighted by atomic mass is 10.3.